The molecule has 1 amide bonds. The van der Waals surface area contributed by atoms with Crippen LogP contribution in [0.15, 0.2) is 48.5 Å². The van der Waals surface area contributed by atoms with Gasteiger partial charge < -0.3 is 19.9 Å². The van der Waals surface area contributed by atoms with Crippen molar-refractivity contribution in [3.63, 3.8) is 0 Å². The van der Waals surface area contributed by atoms with Crippen LogP contribution in [0.25, 0.3) is 0 Å². The standard InChI is InChI=1S/C20H23NO5/c1-25-17-7-9-18(10-8-17)26-13-3-6-19(22)21-12-11-15-4-2-5-16(14-15)20(23)24/h2,4-5,7-10,14H,3,6,11-13H2,1H3,(H,21,22)(H,23,24). The van der Waals surface area contributed by atoms with Gasteiger partial charge in [-0.3, -0.25) is 4.79 Å². The van der Waals surface area contributed by atoms with E-state index >= 15 is 0 Å². The van der Waals surface area contributed by atoms with E-state index in [1.165, 1.54) is 0 Å². The molecular weight excluding hydrogens is 334 g/mol. The molecule has 0 heterocycles. The normalized spacial score (nSPS) is 10.2. The molecule has 138 valence electrons. The molecule has 2 aromatic carbocycles. The molecule has 0 aliphatic rings. The molecular formula is C20H23NO5. The van der Waals surface area contributed by atoms with Crippen molar-refractivity contribution in [2.45, 2.75) is 19.3 Å². The van der Waals surface area contributed by atoms with Gasteiger partial charge in [0.2, 0.25) is 5.91 Å². The van der Waals surface area contributed by atoms with Gasteiger partial charge in [0.25, 0.3) is 0 Å². The third kappa shape index (κ3) is 6.47. The molecule has 0 aromatic heterocycles. The number of nitrogens with one attached hydrogen (secondary N) is 1. The summed E-state index contributed by atoms with van der Waals surface area (Å²) < 4.78 is 10.7. The zero-order valence-electron chi connectivity index (χ0n) is 14.7. The van der Waals surface area contributed by atoms with Gasteiger partial charge in [-0.15, -0.1) is 0 Å². The molecule has 0 bridgehead atoms. The minimum Gasteiger partial charge on any atom is -0.497 e. The minimum absolute atomic E-state index is 0.0438. The smallest absolute Gasteiger partial charge is 0.335 e. The Hall–Kier alpha value is -3.02. The molecule has 0 aliphatic carbocycles. The maximum atomic E-state index is 11.8. The lowest BCUT2D eigenvalue weighted by Gasteiger charge is -2.08. The molecule has 0 fully saturated rings. The first kappa shape index (κ1) is 19.3. The van der Waals surface area contributed by atoms with Crippen molar-refractivity contribution < 1.29 is 24.2 Å². The number of hydrogen-bond acceptors (Lipinski definition) is 4. The van der Waals surface area contributed by atoms with E-state index in [9.17, 15) is 9.59 Å². The first-order chi connectivity index (χ1) is 12.6. The number of methoxy groups -OCH3 is 1. The summed E-state index contributed by atoms with van der Waals surface area (Å²) in [6, 6.07) is 14.0. The second-order valence-electron chi connectivity index (χ2n) is 5.73. The zero-order valence-corrected chi connectivity index (χ0v) is 14.7. The van der Waals surface area contributed by atoms with Gasteiger partial charge in [0.15, 0.2) is 0 Å². The molecule has 0 radical (unpaired) electrons. The fourth-order valence-corrected chi connectivity index (χ4v) is 2.39. The summed E-state index contributed by atoms with van der Waals surface area (Å²) in [5.41, 5.74) is 1.14. The average molecular weight is 357 g/mol. The number of benzene rings is 2. The van der Waals surface area contributed by atoms with Crippen LogP contribution in [0.5, 0.6) is 11.5 Å². The first-order valence-electron chi connectivity index (χ1n) is 8.44. The average Bonchev–Trinajstić information content (AvgIpc) is 2.66. The molecule has 2 aromatic rings. The monoisotopic (exact) mass is 357 g/mol. The Balaban J connectivity index is 1.61. The molecule has 6 nitrogen and oxygen atoms in total. The van der Waals surface area contributed by atoms with Gasteiger partial charge in [0.1, 0.15) is 11.5 Å². The first-order valence-corrected chi connectivity index (χ1v) is 8.44. The highest BCUT2D eigenvalue weighted by Crippen LogP contribution is 2.17. The second-order valence-corrected chi connectivity index (χ2v) is 5.73. The van der Waals surface area contributed by atoms with Crippen molar-refractivity contribution in [1.82, 2.24) is 5.32 Å². The summed E-state index contributed by atoms with van der Waals surface area (Å²) in [4.78, 5) is 22.8. The molecule has 0 unspecified atom stereocenters. The molecule has 0 saturated heterocycles. The van der Waals surface area contributed by atoms with E-state index in [2.05, 4.69) is 5.32 Å². The molecule has 2 rings (SSSR count). The van der Waals surface area contributed by atoms with Crippen molar-refractivity contribution in [2.75, 3.05) is 20.3 Å². The maximum Gasteiger partial charge on any atom is 0.335 e. The number of carbonyl (C=O) groups excluding carboxylic acids is 1. The summed E-state index contributed by atoms with van der Waals surface area (Å²) in [5.74, 6) is 0.514. The van der Waals surface area contributed by atoms with Crippen molar-refractivity contribution in [1.29, 1.82) is 0 Å². The zero-order chi connectivity index (χ0) is 18.8. The van der Waals surface area contributed by atoms with Gasteiger partial charge in [0, 0.05) is 13.0 Å². The van der Waals surface area contributed by atoms with E-state index in [0.29, 0.717) is 32.4 Å². The number of carboxylic acids is 1. The molecule has 26 heavy (non-hydrogen) atoms. The van der Waals surface area contributed by atoms with Crippen LogP contribution in [0, 0.1) is 0 Å². The number of rotatable bonds is 10. The van der Waals surface area contributed by atoms with Crippen molar-refractivity contribution >= 4 is 11.9 Å². The summed E-state index contributed by atoms with van der Waals surface area (Å²) in [6.45, 7) is 0.932. The van der Waals surface area contributed by atoms with E-state index in [4.69, 9.17) is 14.6 Å². The number of carbonyl (C=O) groups is 2. The van der Waals surface area contributed by atoms with Gasteiger partial charge in [-0.25, -0.2) is 4.79 Å². The molecule has 0 spiro atoms. The SMILES string of the molecule is COc1ccc(OCCCC(=O)NCCc2cccc(C(=O)O)c2)cc1. The van der Waals surface area contributed by atoms with Crippen molar-refractivity contribution in [3.8, 4) is 11.5 Å². The van der Waals surface area contributed by atoms with E-state index in [1.807, 2.05) is 30.3 Å². The fraction of sp³-hybridized carbons (Fsp3) is 0.300. The van der Waals surface area contributed by atoms with Gasteiger partial charge in [0.05, 0.1) is 19.3 Å². The van der Waals surface area contributed by atoms with E-state index in [-0.39, 0.29) is 11.5 Å². The summed E-state index contributed by atoms with van der Waals surface area (Å²) in [5, 5.41) is 11.8. The Bertz CT molecular complexity index is 727. The fourth-order valence-electron chi connectivity index (χ4n) is 2.39. The van der Waals surface area contributed by atoms with Gasteiger partial charge in [-0.05, 0) is 54.8 Å². The largest absolute Gasteiger partial charge is 0.497 e. The van der Waals surface area contributed by atoms with Crippen LogP contribution in [0.4, 0.5) is 0 Å². The molecule has 0 atom stereocenters. The van der Waals surface area contributed by atoms with Crippen LogP contribution in [0.1, 0.15) is 28.8 Å². The van der Waals surface area contributed by atoms with Crippen LogP contribution in [-0.4, -0.2) is 37.2 Å². The summed E-state index contributed by atoms with van der Waals surface area (Å²) in [6.07, 6.45) is 1.59. The number of aromatic carboxylic acids is 1. The van der Waals surface area contributed by atoms with E-state index in [1.54, 1.807) is 25.3 Å². The van der Waals surface area contributed by atoms with Crippen LogP contribution in [0.3, 0.4) is 0 Å². The van der Waals surface area contributed by atoms with Crippen molar-refractivity contribution in [2.24, 2.45) is 0 Å². The summed E-state index contributed by atoms with van der Waals surface area (Å²) in [7, 11) is 1.61. The Morgan fingerprint density at radius 2 is 1.81 bits per heavy atom. The van der Waals surface area contributed by atoms with Crippen LogP contribution >= 0.6 is 0 Å². The predicted octanol–water partition coefficient (Wildman–Crippen LogP) is 2.91. The molecule has 0 saturated carbocycles. The van der Waals surface area contributed by atoms with Gasteiger partial charge in [-0.2, -0.15) is 0 Å². The van der Waals surface area contributed by atoms with Crippen LogP contribution in [0.2, 0.25) is 0 Å². The molecule has 2 N–H and O–H groups in total. The highest BCUT2D eigenvalue weighted by Gasteiger charge is 2.05. The quantitative estimate of drug-likeness (QED) is 0.639. The topological polar surface area (TPSA) is 84.9 Å². The highest BCUT2D eigenvalue weighted by molar-refractivity contribution is 5.87. The number of hydrogen-bond donors (Lipinski definition) is 2. The molecule has 6 heteroatoms. The van der Waals surface area contributed by atoms with Crippen molar-refractivity contribution in [3.05, 3.63) is 59.7 Å². The number of amides is 1. The Kier molecular flexibility index (Phi) is 7.49. The lowest BCUT2D eigenvalue weighted by atomic mass is 10.1. The molecule has 0 aliphatic heterocycles. The van der Waals surface area contributed by atoms with E-state index in [0.717, 1.165) is 17.1 Å². The third-order valence-electron chi connectivity index (χ3n) is 3.79. The summed E-state index contributed by atoms with van der Waals surface area (Å²) >= 11 is 0. The van der Waals surface area contributed by atoms with Crippen LogP contribution in [-0.2, 0) is 11.2 Å². The second kappa shape index (κ2) is 10.1. The van der Waals surface area contributed by atoms with E-state index < -0.39 is 5.97 Å². The number of carboxylic acid groups (broad SMARTS) is 1. The lowest BCUT2D eigenvalue weighted by molar-refractivity contribution is -0.121. The predicted molar refractivity (Wildman–Crippen MR) is 97.8 cm³/mol. The Morgan fingerprint density at radius 1 is 1.08 bits per heavy atom. The van der Waals surface area contributed by atoms with Gasteiger partial charge in [-0.1, -0.05) is 12.1 Å². The number of ether oxygens (including phenoxy) is 2. The third-order valence-corrected chi connectivity index (χ3v) is 3.79. The Morgan fingerprint density at radius 3 is 2.50 bits per heavy atom. The van der Waals surface area contributed by atoms with Gasteiger partial charge >= 0.3 is 5.97 Å². The lowest BCUT2D eigenvalue weighted by Crippen LogP contribution is -2.25. The Labute approximate surface area is 152 Å². The highest BCUT2D eigenvalue weighted by atomic mass is 16.5. The minimum atomic E-state index is -0.951. The van der Waals surface area contributed by atoms with Crippen LogP contribution < -0.4 is 14.8 Å². The maximum absolute atomic E-state index is 11.8.